The van der Waals surface area contributed by atoms with E-state index >= 15 is 0 Å². The third-order valence-electron chi connectivity index (χ3n) is 2.43. The molecule has 0 aliphatic carbocycles. The zero-order valence-electron chi connectivity index (χ0n) is 9.95. The van der Waals surface area contributed by atoms with Gasteiger partial charge < -0.3 is 10.8 Å². The molecule has 0 saturated heterocycles. The zero-order valence-corrected chi connectivity index (χ0v) is 11.6. The fourth-order valence-corrected chi connectivity index (χ4v) is 1.53. The van der Waals surface area contributed by atoms with E-state index in [0.29, 0.717) is 6.42 Å². The molecule has 0 bridgehead atoms. The molecule has 0 aliphatic heterocycles. The number of nitrogens with zero attached hydrogens (tertiary/aromatic N) is 1. The monoisotopic (exact) mass is 300 g/mol. The highest BCUT2D eigenvalue weighted by Crippen LogP contribution is 2.11. The van der Waals surface area contributed by atoms with Crippen LogP contribution in [0, 0.1) is 0 Å². The van der Waals surface area contributed by atoms with Gasteiger partial charge in [0.2, 0.25) is 0 Å². The molecule has 0 saturated carbocycles. The molecular weight excluding hydrogens is 287 g/mol. The van der Waals surface area contributed by atoms with Crippen LogP contribution in [0.15, 0.2) is 42.6 Å². The second kappa shape index (κ2) is 7.61. The summed E-state index contributed by atoms with van der Waals surface area (Å²) in [4.78, 5) is 14.5. The van der Waals surface area contributed by atoms with Crippen LogP contribution in [0.4, 0.5) is 5.69 Å². The highest BCUT2D eigenvalue weighted by Gasteiger charge is 2.03. The van der Waals surface area contributed by atoms with Crippen LogP contribution in [0.2, 0.25) is 0 Å². The first-order valence-corrected chi connectivity index (χ1v) is 5.18. The maximum absolute atomic E-state index is 10.6. The number of nitrogens with two attached hydrogens (primary N) is 1. The van der Waals surface area contributed by atoms with E-state index in [1.165, 1.54) is 6.07 Å². The Hall–Kier alpha value is -1.78. The predicted octanol–water partition coefficient (Wildman–Crippen LogP) is 2.80. The summed E-state index contributed by atoms with van der Waals surface area (Å²) in [5.41, 5.74) is 8.47. The summed E-state index contributed by atoms with van der Waals surface area (Å²) in [6, 6.07) is 10.9. The first-order valence-electron chi connectivity index (χ1n) is 5.18. The summed E-state index contributed by atoms with van der Waals surface area (Å²) >= 11 is 0. The largest absolute Gasteiger partial charge is 0.477 e. The lowest BCUT2D eigenvalue weighted by Crippen LogP contribution is -2.00. The van der Waals surface area contributed by atoms with E-state index in [-0.39, 0.29) is 30.5 Å². The van der Waals surface area contributed by atoms with Gasteiger partial charge >= 0.3 is 5.97 Å². The quantitative estimate of drug-likeness (QED) is 0.855. The predicted molar refractivity (Wildman–Crippen MR) is 79.4 cm³/mol. The molecule has 2 rings (SSSR count). The van der Waals surface area contributed by atoms with Crippen molar-refractivity contribution in [2.45, 2.75) is 6.42 Å². The minimum absolute atomic E-state index is 0. The molecule has 1 heterocycles. The molecule has 6 heteroatoms. The molecule has 0 amide bonds. The summed E-state index contributed by atoms with van der Waals surface area (Å²) in [6.07, 6.45) is 2.30. The number of nitrogen functional groups attached to an aromatic ring is 1. The van der Waals surface area contributed by atoms with E-state index in [2.05, 4.69) is 4.98 Å². The molecule has 3 N–H and O–H groups in total. The molecule has 2 aromatic rings. The number of anilines is 1. The average molecular weight is 301 g/mol. The van der Waals surface area contributed by atoms with Crippen molar-refractivity contribution in [3.63, 3.8) is 0 Å². The van der Waals surface area contributed by atoms with E-state index < -0.39 is 5.97 Å². The molecule has 102 valence electrons. The topological polar surface area (TPSA) is 76.2 Å². The average Bonchev–Trinajstić information content (AvgIpc) is 2.33. The summed E-state index contributed by atoms with van der Waals surface area (Å²) < 4.78 is 0. The molecule has 0 spiro atoms. The van der Waals surface area contributed by atoms with E-state index in [0.717, 1.165) is 16.8 Å². The lowest BCUT2D eigenvalue weighted by molar-refractivity contribution is 0.0690. The SMILES string of the molecule is Cl.Cl.Nc1ccc(Cc2ccc(C(=O)O)nc2)cc1. The van der Waals surface area contributed by atoms with E-state index in [1.54, 1.807) is 12.3 Å². The number of rotatable bonds is 3. The number of carboxylic acids is 1. The number of pyridine rings is 1. The zero-order chi connectivity index (χ0) is 12.3. The van der Waals surface area contributed by atoms with Crippen LogP contribution in [0.25, 0.3) is 0 Å². The first kappa shape index (κ1) is 17.2. The Morgan fingerprint density at radius 3 is 2.11 bits per heavy atom. The number of hydrogen-bond acceptors (Lipinski definition) is 3. The minimum Gasteiger partial charge on any atom is -0.477 e. The van der Waals surface area contributed by atoms with E-state index in [9.17, 15) is 4.79 Å². The number of carbonyl (C=O) groups is 1. The number of carboxylic acid groups (broad SMARTS) is 1. The Morgan fingerprint density at radius 2 is 1.63 bits per heavy atom. The van der Waals surface area contributed by atoms with Crippen molar-refractivity contribution >= 4 is 36.5 Å². The van der Waals surface area contributed by atoms with Crippen LogP contribution in [0.1, 0.15) is 21.6 Å². The summed E-state index contributed by atoms with van der Waals surface area (Å²) in [6.45, 7) is 0. The third-order valence-corrected chi connectivity index (χ3v) is 2.43. The van der Waals surface area contributed by atoms with Crippen LogP contribution < -0.4 is 5.73 Å². The van der Waals surface area contributed by atoms with Gasteiger partial charge in [-0.05, 0) is 35.7 Å². The van der Waals surface area contributed by atoms with Crippen molar-refractivity contribution in [3.05, 3.63) is 59.4 Å². The second-order valence-corrected chi connectivity index (χ2v) is 3.78. The van der Waals surface area contributed by atoms with Gasteiger partial charge in [-0.25, -0.2) is 9.78 Å². The molecule has 1 aromatic heterocycles. The maximum Gasteiger partial charge on any atom is 0.354 e. The standard InChI is InChI=1S/C13H12N2O2.2ClH/c14-11-4-1-9(2-5-11)7-10-3-6-12(13(16)17)15-8-10;;/h1-6,8H,7,14H2,(H,16,17);2*1H. The first-order chi connectivity index (χ1) is 8.15. The summed E-state index contributed by atoms with van der Waals surface area (Å²) in [5, 5.41) is 8.72. The Bertz CT molecular complexity index is 527. The molecule has 0 fully saturated rings. The number of aromatic nitrogens is 1. The molecule has 19 heavy (non-hydrogen) atoms. The van der Waals surface area contributed by atoms with Crippen LogP contribution in [-0.2, 0) is 6.42 Å². The Morgan fingerprint density at radius 1 is 1.05 bits per heavy atom. The van der Waals surface area contributed by atoms with Gasteiger partial charge in [-0.1, -0.05) is 18.2 Å². The summed E-state index contributed by atoms with van der Waals surface area (Å²) in [7, 11) is 0. The van der Waals surface area contributed by atoms with Gasteiger partial charge in [-0.3, -0.25) is 0 Å². The fraction of sp³-hybridized carbons (Fsp3) is 0.0769. The van der Waals surface area contributed by atoms with Gasteiger partial charge in [0.05, 0.1) is 0 Å². The van der Waals surface area contributed by atoms with Crippen molar-refractivity contribution in [2.24, 2.45) is 0 Å². The van der Waals surface area contributed by atoms with Crippen molar-refractivity contribution in [1.82, 2.24) is 4.98 Å². The molecule has 0 aliphatic rings. The molecule has 0 atom stereocenters. The van der Waals surface area contributed by atoms with Crippen LogP contribution in [0.3, 0.4) is 0 Å². The third kappa shape index (κ3) is 4.77. The number of aromatic carboxylic acids is 1. The molecule has 1 aromatic carbocycles. The highest BCUT2D eigenvalue weighted by molar-refractivity contribution is 5.86. The van der Waals surface area contributed by atoms with Gasteiger partial charge in [-0.2, -0.15) is 0 Å². The second-order valence-electron chi connectivity index (χ2n) is 3.78. The van der Waals surface area contributed by atoms with Crippen molar-refractivity contribution in [2.75, 3.05) is 5.73 Å². The van der Waals surface area contributed by atoms with Crippen molar-refractivity contribution in [3.8, 4) is 0 Å². The van der Waals surface area contributed by atoms with E-state index in [1.807, 2.05) is 24.3 Å². The number of benzene rings is 1. The van der Waals surface area contributed by atoms with Gasteiger partial charge in [0.15, 0.2) is 0 Å². The Labute approximate surface area is 123 Å². The minimum atomic E-state index is -1.01. The molecular formula is C13H14Cl2N2O2. The van der Waals surface area contributed by atoms with Crippen molar-refractivity contribution in [1.29, 1.82) is 0 Å². The maximum atomic E-state index is 10.6. The normalized spacial score (nSPS) is 9.05. The fourth-order valence-electron chi connectivity index (χ4n) is 1.53. The van der Waals surface area contributed by atoms with Gasteiger partial charge in [0, 0.05) is 11.9 Å². The van der Waals surface area contributed by atoms with Gasteiger partial charge in [0.1, 0.15) is 5.69 Å². The molecule has 0 radical (unpaired) electrons. The summed E-state index contributed by atoms with van der Waals surface area (Å²) in [5.74, 6) is -1.01. The lowest BCUT2D eigenvalue weighted by atomic mass is 10.1. The van der Waals surface area contributed by atoms with Crippen LogP contribution in [0.5, 0.6) is 0 Å². The highest BCUT2D eigenvalue weighted by atomic mass is 35.5. The number of halogens is 2. The van der Waals surface area contributed by atoms with E-state index in [4.69, 9.17) is 10.8 Å². The smallest absolute Gasteiger partial charge is 0.354 e. The van der Waals surface area contributed by atoms with Crippen LogP contribution >= 0.6 is 24.8 Å². The van der Waals surface area contributed by atoms with Crippen LogP contribution in [-0.4, -0.2) is 16.1 Å². The number of hydrogen-bond donors (Lipinski definition) is 2. The Balaban J connectivity index is 0.00000162. The molecule has 4 nitrogen and oxygen atoms in total. The van der Waals surface area contributed by atoms with Gasteiger partial charge in [-0.15, -0.1) is 24.8 Å². The van der Waals surface area contributed by atoms with Crippen molar-refractivity contribution < 1.29 is 9.90 Å². The van der Waals surface area contributed by atoms with Gasteiger partial charge in [0.25, 0.3) is 0 Å². The Kier molecular flexibility index (Phi) is 6.90. The lowest BCUT2D eigenvalue weighted by Gasteiger charge is -2.02. The molecule has 0 unspecified atom stereocenters.